The number of Topliss-reactive ketones (excluding diaryl/α,β-unsaturated/α-hetero) is 2. The molecule has 0 aromatic heterocycles. The highest BCUT2D eigenvalue weighted by Crippen LogP contribution is 2.42. The van der Waals surface area contributed by atoms with Gasteiger partial charge in [0.2, 0.25) is 0 Å². The zero-order valence-corrected chi connectivity index (χ0v) is 26.4. The van der Waals surface area contributed by atoms with E-state index in [2.05, 4.69) is 50.8 Å². The highest BCUT2D eigenvalue weighted by atomic mass is 16.6. The fraction of sp³-hybridized carbons (Fsp3) is 0.611. The Morgan fingerprint density at radius 3 is 2.36 bits per heavy atom. The molecule has 2 aliphatic heterocycles. The van der Waals surface area contributed by atoms with Crippen LogP contribution in [0.1, 0.15) is 101 Å². The Hall–Kier alpha value is -2.86. The number of ketones is 2. The van der Waals surface area contributed by atoms with Crippen LogP contribution in [0, 0.1) is 17.8 Å². The first-order valence-electron chi connectivity index (χ1n) is 16.2. The van der Waals surface area contributed by atoms with Gasteiger partial charge >= 0.3 is 0 Å². The predicted octanol–water partition coefficient (Wildman–Crippen LogP) is 7.74. The number of ether oxygens (including phenoxy) is 3. The summed E-state index contributed by atoms with van der Waals surface area (Å²) in [6, 6.07) is 14.3. The number of hydrogen-bond donors (Lipinski definition) is 0. The van der Waals surface area contributed by atoms with Crippen LogP contribution in [-0.2, 0) is 4.79 Å². The van der Waals surface area contributed by atoms with Crippen LogP contribution in [0.3, 0.4) is 0 Å². The SMILES string of the molecule is CCC(c1ccc2c(c1)OCCO2)C(CN1CCCC1C)C(C)C(C)C(=O)CCCCCC(=O)c1ccc(OC)cc1. The summed E-state index contributed by atoms with van der Waals surface area (Å²) in [7, 11) is 1.62. The second-order valence-electron chi connectivity index (χ2n) is 12.4. The van der Waals surface area contributed by atoms with Gasteiger partial charge in [0.25, 0.3) is 0 Å². The molecular formula is C36H51NO5. The van der Waals surface area contributed by atoms with Crippen molar-refractivity contribution in [3.8, 4) is 17.2 Å². The molecule has 1 fully saturated rings. The van der Waals surface area contributed by atoms with E-state index in [1.165, 1.54) is 18.4 Å². The summed E-state index contributed by atoms with van der Waals surface area (Å²) in [6.07, 6.45) is 7.12. The van der Waals surface area contributed by atoms with E-state index in [1.54, 1.807) is 7.11 Å². The summed E-state index contributed by atoms with van der Waals surface area (Å²) in [4.78, 5) is 28.7. The van der Waals surface area contributed by atoms with Crippen LogP contribution in [0.2, 0.25) is 0 Å². The monoisotopic (exact) mass is 577 g/mol. The molecule has 42 heavy (non-hydrogen) atoms. The van der Waals surface area contributed by atoms with Crippen molar-refractivity contribution < 1.29 is 23.8 Å². The molecule has 0 bridgehead atoms. The zero-order valence-electron chi connectivity index (χ0n) is 26.4. The molecule has 0 N–H and O–H groups in total. The van der Waals surface area contributed by atoms with Crippen molar-refractivity contribution in [2.45, 2.75) is 91.0 Å². The number of methoxy groups -OCH3 is 1. The fourth-order valence-corrected chi connectivity index (χ4v) is 6.85. The van der Waals surface area contributed by atoms with Gasteiger partial charge < -0.3 is 19.1 Å². The average Bonchev–Trinajstić information content (AvgIpc) is 3.43. The molecular weight excluding hydrogens is 526 g/mol. The third-order valence-electron chi connectivity index (χ3n) is 9.80. The number of carbonyl (C=O) groups excluding carboxylic acids is 2. The van der Waals surface area contributed by atoms with Crippen molar-refractivity contribution in [2.24, 2.45) is 17.8 Å². The molecule has 2 heterocycles. The molecule has 0 radical (unpaired) electrons. The van der Waals surface area contributed by atoms with Gasteiger partial charge in [0.05, 0.1) is 7.11 Å². The van der Waals surface area contributed by atoms with Crippen LogP contribution in [0.4, 0.5) is 0 Å². The van der Waals surface area contributed by atoms with Gasteiger partial charge in [-0.1, -0.05) is 33.3 Å². The van der Waals surface area contributed by atoms with Crippen LogP contribution in [0.5, 0.6) is 17.2 Å². The van der Waals surface area contributed by atoms with Gasteiger partial charge in [-0.2, -0.15) is 0 Å². The molecule has 0 amide bonds. The van der Waals surface area contributed by atoms with Crippen molar-refractivity contribution in [3.05, 3.63) is 53.6 Å². The second-order valence-corrected chi connectivity index (χ2v) is 12.4. The van der Waals surface area contributed by atoms with E-state index >= 15 is 0 Å². The number of unbranched alkanes of at least 4 members (excludes halogenated alkanes) is 2. The average molecular weight is 578 g/mol. The van der Waals surface area contributed by atoms with Gasteiger partial charge in [0.15, 0.2) is 17.3 Å². The Labute approximate surface area is 253 Å². The predicted molar refractivity (Wildman–Crippen MR) is 168 cm³/mol. The normalized spacial score (nSPS) is 19.6. The quantitative estimate of drug-likeness (QED) is 0.150. The first kappa shape index (κ1) is 32.1. The molecule has 5 atom stereocenters. The summed E-state index contributed by atoms with van der Waals surface area (Å²) in [5.41, 5.74) is 2.00. The lowest BCUT2D eigenvalue weighted by molar-refractivity contribution is -0.124. The third kappa shape index (κ3) is 8.15. The van der Waals surface area contributed by atoms with Crippen molar-refractivity contribution in [3.63, 3.8) is 0 Å². The maximum Gasteiger partial charge on any atom is 0.162 e. The Morgan fingerprint density at radius 1 is 0.976 bits per heavy atom. The lowest BCUT2D eigenvalue weighted by Gasteiger charge is -2.38. The lowest BCUT2D eigenvalue weighted by Crippen LogP contribution is -2.40. The van der Waals surface area contributed by atoms with Crippen LogP contribution in [-0.4, -0.2) is 55.9 Å². The number of benzene rings is 2. The molecule has 2 aromatic rings. The number of likely N-dealkylation sites (tertiary alicyclic amines) is 1. The minimum Gasteiger partial charge on any atom is -0.497 e. The van der Waals surface area contributed by atoms with E-state index in [4.69, 9.17) is 14.2 Å². The number of fused-ring (bicyclic) bond motifs is 1. The molecule has 5 unspecified atom stereocenters. The maximum atomic E-state index is 13.5. The molecule has 1 saturated heterocycles. The van der Waals surface area contributed by atoms with Crippen LogP contribution in [0.15, 0.2) is 42.5 Å². The van der Waals surface area contributed by atoms with E-state index < -0.39 is 0 Å². The smallest absolute Gasteiger partial charge is 0.162 e. The first-order valence-corrected chi connectivity index (χ1v) is 16.2. The van der Waals surface area contributed by atoms with Gasteiger partial charge in [-0.3, -0.25) is 9.59 Å². The van der Waals surface area contributed by atoms with Crippen LogP contribution >= 0.6 is 0 Å². The molecule has 6 nitrogen and oxygen atoms in total. The van der Waals surface area contributed by atoms with E-state index in [1.807, 2.05) is 24.3 Å². The molecule has 0 saturated carbocycles. The summed E-state index contributed by atoms with van der Waals surface area (Å²) in [5, 5.41) is 0. The fourth-order valence-electron chi connectivity index (χ4n) is 6.85. The van der Waals surface area contributed by atoms with Gasteiger partial charge in [-0.15, -0.1) is 0 Å². The van der Waals surface area contributed by atoms with Gasteiger partial charge in [-0.05, 0) is 105 Å². The van der Waals surface area contributed by atoms with Gasteiger partial charge in [0, 0.05) is 36.9 Å². The Balaban J connectivity index is 1.35. The number of nitrogens with zero attached hydrogens (tertiary/aromatic N) is 1. The second kappa shape index (κ2) is 15.6. The topological polar surface area (TPSA) is 65.1 Å². The number of carbonyl (C=O) groups is 2. The summed E-state index contributed by atoms with van der Waals surface area (Å²) >= 11 is 0. The zero-order chi connectivity index (χ0) is 30.1. The van der Waals surface area contributed by atoms with Crippen molar-refractivity contribution in [2.75, 3.05) is 33.4 Å². The number of rotatable bonds is 16. The Bertz CT molecular complexity index is 1160. The Kier molecular flexibility index (Phi) is 11.9. The molecule has 4 rings (SSSR count). The highest BCUT2D eigenvalue weighted by Gasteiger charge is 2.36. The van der Waals surface area contributed by atoms with E-state index in [-0.39, 0.29) is 17.6 Å². The van der Waals surface area contributed by atoms with Crippen molar-refractivity contribution in [1.82, 2.24) is 4.90 Å². The molecule has 0 spiro atoms. The van der Waals surface area contributed by atoms with Crippen LogP contribution in [0.25, 0.3) is 0 Å². The lowest BCUT2D eigenvalue weighted by atomic mass is 9.71. The van der Waals surface area contributed by atoms with E-state index in [0.717, 1.165) is 61.6 Å². The highest BCUT2D eigenvalue weighted by molar-refractivity contribution is 5.96. The molecule has 2 aliphatic rings. The minimum absolute atomic E-state index is 0.0138. The molecule has 2 aromatic carbocycles. The summed E-state index contributed by atoms with van der Waals surface area (Å²) in [5.74, 6) is 3.85. The minimum atomic E-state index is -0.0138. The molecule has 0 aliphatic carbocycles. The summed E-state index contributed by atoms with van der Waals surface area (Å²) < 4.78 is 16.9. The van der Waals surface area contributed by atoms with Gasteiger partial charge in [0.1, 0.15) is 24.7 Å². The Morgan fingerprint density at radius 2 is 1.69 bits per heavy atom. The number of hydrogen-bond acceptors (Lipinski definition) is 6. The summed E-state index contributed by atoms with van der Waals surface area (Å²) in [6.45, 7) is 12.4. The van der Waals surface area contributed by atoms with E-state index in [0.29, 0.717) is 49.7 Å². The first-order chi connectivity index (χ1) is 20.3. The van der Waals surface area contributed by atoms with E-state index in [9.17, 15) is 9.59 Å². The van der Waals surface area contributed by atoms with Crippen molar-refractivity contribution in [1.29, 1.82) is 0 Å². The largest absolute Gasteiger partial charge is 0.497 e. The standard InChI is InChI=1S/C36H51NO5/c1-6-31(29-16-19-35-36(23-29)42-22-21-41-35)32(24-37-20-10-11-25(37)2)26(3)27(4)33(38)12-8-7-9-13-34(39)28-14-17-30(40-5)18-15-28/h14-19,23,25-27,31-32H,6-13,20-22,24H2,1-5H3. The van der Waals surface area contributed by atoms with Crippen LogP contribution < -0.4 is 14.2 Å². The molecule has 230 valence electrons. The van der Waals surface area contributed by atoms with Gasteiger partial charge in [-0.25, -0.2) is 0 Å². The van der Waals surface area contributed by atoms with Crippen molar-refractivity contribution >= 4 is 11.6 Å². The maximum absolute atomic E-state index is 13.5. The third-order valence-corrected chi connectivity index (χ3v) is 9.80. The molecule has 6 heteroatoms.